The number of nitrogens with one attached hydrogen (secondary N) is 2. The summed E-state index contributed by atoms with van der Waals surface area (Å²) in [4.78, 5) is 18.8. The lowest BCUT2D eigenvalue weighted by atomic mass is 9.84. The molecule has 7 nitrogen and oxygen atoms in total. The molecule has 0 aliphatic heterocycles. The fourth-order valence-corrected chi connectivity index (χ4v) is 3.90. The summed E-state index contributed by atoms with van der Waals surface area (Å²) in [7, 11) is 8.69. The van der Waals surface area contributed by atoms with Gasteiger partial charge in [0.05, 0.1) is 25.7 Å². The zero-order chi connectivity index (χ0) is 20.7. The van der Waals surface area contributed by atoms with Crippen LogP contribution in [0.4, 0.5) is 0 Å². The number of benzene rings is 1. The van der Waals surface area contributed by atoms with Crippen LogP contribution in [-0.2, 0) is 4.79 Å². The number of methoxy groups -OCH3 is 2. The maximum Gasteiger partial charge on any atom is 0.230 e. The molecule has 1 aromatic carbocycles. The van der Waals surface area contributed by atoms with Crippen LogP contribution in [0.1, 0.15) is 44.2 Å². The zero-order valence-electron chi connectivity index (χ0n) is 18.4. The van der Waals surface area contributed by atoms with Gasteiger partial charge in [0.1, 0.15) is 11.5 Å². The molecule has 29 heavy (non-hydrogen) atoms. The number of carbonyl (C=O) groups excluding carboxylic acids is 1. The van der Waals surface area contributed by atoms with E-state index >= 15 is 0 Å². The first kappa shape index (κ1) is 25.3. The Morgan fingerprint density at radius 2 is 1.90 bits per heavy atom. The van der Waals surface area contributed by atoms with Crippen molar-refractivity contribution < 1.29 is 14.3 Å². The van der Waals surface area contributed by atoms with E-state index in [-0.39, 0.29) is 41.3 Å². The number of hydrogen-bond donors (Lipinski definition) is 2. The second kappa shape index (κ2) is 11.5. The number of aliphatic imine (C=N–C) groups is 1. The van der Waals surface area contributed by atoms with Crippen molar-refractivity contribution in [1.29, 1.82) is 0 Å². The average molecular weight is 518 g/mol. The molecule has 0 saturated heterocycles. The molecule has 1 aliphatic carbocycles. The van der Waals surface area contributed by atoms with Crippen LogP contribution in [0.25, 0.3) is 0 Å². The van der Waals surface area contributed by atoms with Crippen molar-refractivity contribution in [2.45, 2.75) is 38.6 Å². The summed E-state index contributed by atoms with van der Waals surface area (Å²) in [6.45, 7) is 2.62. The largest absolute Gasteiger partial charge is 0.497 e. The smallest absolute Gasteiger partial charge is 0.230 e. The lowest BCUT2D eigenvalue weighted by Crippen LogP contribution is -2.49. The van der Waals surface area contributed by atoms with Gasteiger partial charge in [-0.1, -0.05) is 12.8 Å². The van der Waals surface area contributed by atoms with Crippen LogP contribution in [0.2, 0.25) is 0 Å². The maximum atomic E-state index is 12.8. The van der Waals surface area contributed by atoms with Crippen LogP contribution in [0.5, 0.6) is 11.5 Å². The van der Waals surface area contributed by atoms with Crippen molar-refractivity contribution in [3.63, 3.8) is 0 Å². The molecule has 8 heteroatoms. The van der Waals surface area contributed by atoms with Gasteiger partial charge < -0.3 is 25.0 Å². The van der Waals surface area contributed by atoms with Gasteiger partial charge in [-0.3, -0.25) is 9.79 Å². The molecule has 1 aromatic rings. The van der Waals surface area contributed by atoms with Crippen molar-refractivity contribution in [2.24, 2.45) is 10.4 Å². The van der Waals surface area contributed by atoms with Gasteiger partial charge in [-0.2, -0.15) is 0 Å². The minimum atomic E-state index is -0.349. The molecule has 1 unspecified atom stereocenters. The molecule has 0 spiro atoms. The quantitative estimate of drug-likeness (QED) is 0.330. The zero-order valence-corrected chi connectivity index (χ0v) is 20.7. The predicted octanol–water partition coefficient (Wildman–Crippen LogP) is 3.20. The molecule has 1 saturated carbocycles. The first-order valence-corrected chi connectivity index (χ1v) is 9.77. The van der Waals surface area contributed by atoms with Crippen LogP contribution < -0.4 is 20.1 Å². The Balaban J connectivity index is 0.00000420. The molecule has 1 amide bonds. The third-order valence-corrected chi connectivity index (χ3v) is 5.49. The SMILES string of the molecule is CN=C(NCC1(C(=O)N(C)C)CCCC1)NC(C)c1cc(OC)ccc1OC.I. The normalized spacial score (nSPS) is 16.4. The Bertz CT molecular complexity index is 703. The Labute approximate surface area is 191 Å². The van der Waals surface area contributed by atoms with Crippen molar-refractivity contribution in [3.8, 4) is 11.5 Å². The molecule has 0 aromatic heterocycles. The van der Waals surface area contributed by atoms with Gasteiger partial charge >= 0.3 is 0 Å². The minimum Gasteiger partial charge on any atom is -0.497 e. The fourth-order valence-electron chi connectivity index (χ4n) is 3.90. The van der Waals surface area contributed by atoms with E-state index in [9.17, 15) is 4.79 Å². The predicted molar refractivity (Wildman–Crippen MR) is 127 cm³/mol. The van der Waals surface area contributed by atoms with E-state index in [2.05, 4.69) is 15.6 Å². The summed E-state index contributed by atoms with van der Waals surface area (Å²) in [5, 5.41) is 6.77. The van der Waals surface area contributed by atoms with E-state index in [1.165, 1.54) is 0 Å². The number of halogens is 1. The van der Waals surface area contributed by atoms with Crippen LogP contribution in [0.15, 0.2) is 23.2 Å². The van der Waals surface area contributed by atoms with E-state index in [1.54, 1.807) is 26.2 Å². The average Bonchev–Trinajstić information content (AvgIpc) is 3.19. The van der Waals surface area contributed by atoms with Crippen LogP contribution in [0, 0.1) is 5.41 Å². The molecule has 1 atom stereocenters. The van der Waals surface area contributed by atoms with E-state index in [4.69, 9.17) is 9.47 Å². The molecule has 1 fully saturated rings. The maximum absolute atomic E-state index is 12.8. The standard InChI is InChI=1S/C21H34N4O3.HI/c1-15(17-13-16(27-5)9-10-18(17)28-6)24-20(22-2)23-14-21(11-7-8-12-21)19(26)25(3)4;/h9-10,13,15H,7-8,11-12,14H2,1-6H3,(H2,22,23,24);1H. The van der Waals surface area contributed by atoms with Crippen molar-refractivity contribution in [1.82, 2.24) is 15.5 Å². The van der Waals surface area contributed by atoms with Gasteiger partial charge in [0, 0.05) is 33.3 Å². The highest BCUT2D eigenvalue weighted by atomic mass is 127. The van der Waals surface area contributed by atoms with E-state index in [0.717, 1.165) is 42.7 Å². The topological polar surface area (TPSA) is 75.2 Å². The number of rotatable bonds is 7. The van der Waals surface area contributed by atoms with Crippen molar-refractivity contribution >= 4 is 35.8 Å². The first-order chi connectivity index (χ1) is 13.4. The lowest BCUT2D eigenvalue weighted by Gasteiger charge is -2.32. The molecule has 2 N–H and O–H groups in total. The number of guanidine groups is 1. The minimum absolute atomic E-state index is 0. The summed E-state index contributed by atoms with van der Waals surface area (Å²) in [6.07, 6.45) is 4.00. The number of carbonyl (C=O) groups is 1. The van der Waals surface area contributed by atoms with Crippen LogP contribution in [0.3, 0.4) is 0 Å². The first-order valence-electron chi connectivity index (χ1n) is 9.77. The summed E-state index contributed by atoms with van der Waals surface area (Å²) < 4.78 is 10.8. The molecular formula is C21H35IN4O3. The summed E-state index contributed by atoms with van der Waals surface area (Å²) in [5.41, 5.74) is 0.627. The molecule has 2 rings (SSSR count). The van der Waals surface area contributed by atoms with E-state index < -0.39 is 0 Å². The second-order valence-corrected chi connectivity index (χ2v) is 7.59. The summed E-state index contributed by atoms with van der Waals surface area (Å²) in [5.74, 6) is 2.41. The Kier molecular flexibility index (Phi) is 10.0. The third kappa shape index (κ3) is 6.13. The Hall–Kier alpha value is -1.71. The molecule has 0 bridgehead atoms. The Morgan fingerprint density at radius 1 is 1.24 bits per heavy atom. The number of hydrogen-bond acceptors (Lipinski definition) is 4. The van der Waals surface area contributed by atoms with E-state index in [1.807, 2.05) is 39.2 Å². The lowest BCUT2D eigenvalue weighted by molar-refractivity contribution is -0.138. The van der Waals surface area contributed by atoms with Crippen molar-refractivity contribution in [2.75, 3.05) is 41.9 Å². The number of nitrogens with zero attached hydrogens (tertiary/aromatic N) is 2. The molecule has 0 heterocycles. The monoisotopic (exact) mass is 518 g/mol. The van der Waals surface area contributed by atoms with Crippen molar-refractivity contribution in [3.05, 3.63) is 23.8 Å². The van der Waals surface area contributed by atoms with Crippen LogP contribution >= 0.6 is 24.0 Å². The van der Waals surface area contributed by atoms with Gasteiger partial charge in [-0.15, -0.1) is 24.0 Å². The molecule has 1 aliphatic rings. The summed E-state index contributed by atoms with van der Waals surface area (Å²) in [6, 6.07) is 5.67. The number of amides is 1. The molecular weight excluding hydrogens is 483 g/mol. The highest BCUT2D eigenvalue weighted by Gasteiger charge is 2.42. The molecule has 164 valence electrons. The van der Waals surface area contributed by atoms with Crippen LogP contribution in [-0.4, -0.2) is 58.7 Å². The van der Waals surface area contributed by atoms with E-state index in [0.29, 0.717) is 12.5 Å². The van der Waals surface area contributed by atoms with Gasteiger partial charge in [0.2, 0.25) is 5.91 Å². The van der Waals surface area contributed by atoms with Gasteiger partial charge in [0.15, 0.2) is 5.96 Å². The summed E-state index contributed by atoms with van der Waals surface area (Å²) >= 11 is 0. The highest BCUT2D eigenvalue weighted by molar-refractivity contribution is 14.0. The van der Waals surface area contributed by atoms with Gasteiger partial charge in [-0.25, -0.2) is 0 Å². The second-order valence-electron chi connectivity index (χ2n) is 7.59. The highest BCUT2D eigenvalue weighted by Crippen LogP contribution is 2.39. The Morgan fingerprint density at radius 3 is 2.41 bits per heavy atom. The fraction of sp³-hybridized carbons (Fsp3) is 0.619. The van der Waals surface area contributed by atoms with Gasteiger partial charge in [-0.05, 0) is 38.0 Å². The molecule has 0 radical (unpaired) electrons. The third-order valence-electron chi connectivity index (χ3n) is 5.49. The van der Waals surface area contributed by atoms with Gasteiger partial charge in [0.25, 0.3) is 0 Å². The number of ether oxygens (including phenoxy) is 2.